The molecule has 1 rings (SSSR count). The van der Waals surface area contributed by atoms with Crippen LogP contribution in [0.2, 0.25) is 0 Å². The topological polar surface area (TPSA) is 0 Å². The standard InChI is InChI=1S/C5H5.2FH.Ti/c1-2-4-5-3-1;;;/h1-3H,4H2;2*1H;/q;;;+2/p-2. The van der Waals surface area contributed by atoms with Crippen LogP contribution in [-0.2, 0) is 20.4 Å². The summed E-state index contributed by atoms with van der Waals surface area (Å²) < 4.78 is 1.47. The molecular formula is C5H5F2Ti. The van der Waals surface area contributed by atoms with E-state index >= 15 is 0 Å². The molecule has 0 nitrogen and oxygen atoms in total. The number of hydrogen-bond acceptors (Lipinski definition) is 0. The minimum atomic E-state index is 0. The third-order valence-corrected chi connectivity index (χ3v) is 1.35. The van der Waals surface area contributed by atoms with E-state index < -0.39 is 0 Å². The number of rotatable bonds is 0. The fourth-order valence-electron chi connectivity index (χ4n) is 0.447. The van der Waals surface area contributed by atoms with Crippen molar-refractivity contribution in [1.29, 1.82) is 0 Å². The molecular weight excluding hydrogens is 146 g/mol. The van der Waals surface area contributed by atoms with Crippen molar-refractivity contribution < 1.29 is 29.8 Å². The average Bonchev–Trinajstić information content (AvgIpc) is 1.86. The van der Waals surface area contributed by atoms with Crippen molar-refractivity contribution in [1.82, 2.24) is 0 Å². The van der Waals surface area contributed by atoms with E-state index in [1.54, 1.807) is 0 Å². The maximum atomic E-state index is 2.16. The predicted molar refractivity (Wildman–Crippen MR) is 21.8 cm³/mol. The zero-order valence-corrected chi connectivity index (χ0v) is 5.76. The Morgan fingerprint density at radius 3 is 2.12 bits per heavy atom. The summed E-state index contributed by atoms with van der Waals surface area (Å²) in [5.41, 5.74) is 0. The first-order chi connectivity index (χ1) is 2.89. The molecule has 0 unspecified atom stereocenters. The molecule has 0 spiro atoms. The van der Waals surface area contributed by atoms with E-state index in [4.69, 9.17) is 0 Å². The van der Waals surface area contributed by atoms with Gasteiger partial charge in [0.2, 0.25) is 0 Å². The molecule has 0 N–H and O–H groups in total. The predicted octanol–water partition coefficient (Wildman–Crippen LogP) is -4.61. The van der Waals surface area contributed by atoms with Gasteiger partial charge in [-0.05, 0) is 0 Å². The van der Waals surface area contributed by atoms with Crippen LogP contribution in [0.25, 0.3) is 0 Å². The SMILES string of the molecule is [F-].[F-].[Ti+2][C]1=CC=CC1. The molecule has 8 heavy (non-hydrogen) atoms. The third-order valence-electron chi connectivity index (χ3n) is 0.771. The van der Waals surface area contributed by atoms with Crippen LogP contribution in [-0.4, -0.2) is 0 Å². The van der Waals surface area contributed by atoms with Gasteiger partial charge in [-0.1, -0.05) is 0 Å². The van der Waals surface area contributed by atoms with Gasteiger partial charge in [-0.3, -0.25) is 0 Å². The number of allylic oxidation sites excluding steroid dienone is 4. The van der Waals surface area contributed by atoms with E-state index in [2.05, 4.69) is 38.7 Å². The van der Waals surface area contributed by atoms with Gasteiger partial charge in [0.15, 0.2) is 0 Å². The van der Waals surface area contributed by atoms with E-state index in [0.717, 1.165) is 0 Å². The van der Waals surface area contributed by atoms with Gasteiger partial charge in [-0.25, -0.2) is 0 Å². The molecule has 0 radical (unpaired) electrons. The van der Waals surface area contributed by atoms with E-state index in [1.807, 2.05) is 0 Å². The Morgan fingerprint density at radius 1 is 1.38 bits per heavy atom. The van der Waals surface area contributed by atoms with E-state index in [0.29, 0.717) is 0 Å². The van der Waals surface area contributed by atoms with Gasteiger partial charge in [0, 0.05) is 0 Å². The first kappa shape index (κ1) is 10.9. The molecule has 0 amide bonds. The number of halogens is 2. The normalized spacial score (nSPS) is 14.0. The van der Waals surface area contributed by atoms with Crippen molar-refractivity contribution >= 4 is 0 Å². The van der Waals surface area contributed by atoms with Crippen molar-refractivity contribution in [2.45, 2.75) is 6.42 Å². The van der Waals surface area contributed by atoms with Crippen molar-refractivity contribution in [3.63, 3.8) is 0 Å². The van der Waals surface area contributed by atoms with Crippen molar-refractivity contribution in [2.75, 3.05) is 0 Å². The summed E-state index contributed by atoms with van der Waals surface area (Å²) >= 11 is 2.14. The fraction of sp³-hybridized carbons (Fsp3) is 0.200. The van der Waals surface area contributed by atoms with Crippen LogP contribution in [0.15, 0.2) is 22.1 Å². The van der Waals surface area contributed by atoms with Crippen LogP contribution in [0.5, 0.6) is 0 Å². The van der Waals surface area contributed by atoms with E-state index in [9.17, 15) is 0 Å². The second kappa shape index (κ2) is 5.20. The van der Waals surface area contributed by atoms with Gasteiger partial charge in [0.05, 0.1) is 0 Å². The van der Waals surface area contributed by atoms with Crippen molar-refractivity contribution in [3.05, 3.63) is 22.1 Å². The maximum absolute atomic E-state index is 2.16. The van der Waals surface area contributed by atoms with Gasteiger partial charge < -0.3 is 9.41 Å². The molecule has 0 fully saturated rings. The Hall–Kier alpha value is 0.0543. The molecule has 1 aliphatic rings. The molecule has 0 saturated heterocycles. The Labute approximate surface area is 58.8 Å². The van der Waals surface area contributed by atoms with Crippen LogP contribution >= 0.6 is 0 Å². The van der Waals surface area contributed by atoms with Gasteiger partial charge in [0.25, 0.3) is 0 Å². The van der Waals surface area contributed by atoms with Crippen LogP contribution in [0.3, 0.4) is 0 Å². The second-order valence-corrected chi connectivity index (χ2v) is 2.33. The summed E-state index contributed by atoms with van der Waals surface area (Å²) in [6, 6.07) is 0. The van der Waals surface area contributed by atoms with Gasteiger partial charge in [-0.15, -0.1) is 0 Å². The minimum absolute atomic E-state index is 0. The first-order valence-corrected chi connectivity index (χ1v) is 2.75. The quantitative estimate of drug-likeness (QED) is 0.305. The van der Waals surface area contributed by atoms with Crippen LogP contribution in [0, 0.1) is 0 Å². The molecule has 3 heteroatoms. The molecule has 0 aromatic heterocycles. The zero-order chi connectivity index (χ0) is 4.41. The molecule has 0 aliphatic heterocycles. The molecule has 43 valence electrons. The summed E-state index contributed by atoms with van der Waals surface area (Å²) in [5.74, 6) is 0. The monoisotopic (exact) mass is 151 g/mol. The Bertz CT molecular complexity index is 107. The Morgan fingerprint density at radius 2 is 2.00 bits per heavy atom. The summed E-state index contributed by atoms with van der Waals surface area (Å²) in [6.45, 7) is 0. The van der Waals surface area contributed by atoms with E-state index in [1.165, 1.54) is 10.3 Å². The van der Waals surface area contributed by atoms with Gasteiger partial charge >= 0.3 is 49.0 Å². The summed E-state index contributed by atoms with van der Waals surface area (Å²) in [4.78, 5) is 0. The van der Waals surface area contributed by atoms with Crippen molar-refractivity contribution in [2.24, 2.45) is 0 Å². The van der Waals surface area contributed by atoms with E-state index in [-0.39, 0.29) is 9.41 Å². The van der Waals surface area contributed by atoms with Gasteiger partial charge in [-0.2, -0.15) is 0 Å². The number of hydrogen-bond donors (Lipinski definition) is 0. The third kappa shape index (κ3) is 3.11. The molecule has 0 aromatic rings. The molecule has 0 atom stereocenters. The summed E-state index contributed by atoms with van der Waals surface area (Å²) in [5, 5.41) is 0. The van der Waals surface area contributed by atoms with Crippen LogP contribution in [0.1, 0.15) is 6.42 Å². The molecule has 0 saturated carbocycles. The zero-order valence-electron chi connectivity index (χ0n) is 4.20. The van der Waals surface area contributed by atoms with Gasteiger partial charge in [0.1, 0.15) is 0 Å². The van der Waals surface area contributed by atoms with Crippen LogP contribution in [0.4, 0.5) is 0 Å². The average molecular weight is 151 g/mol. The first-order valence-electron chi connectivity index (χ1n) is 1.97. The second-order valence-electron chi connectivity index (χ2n) is 1.32. The summed E-state index contributed by atoms with van der Waals surface area (Å²) in [7, 11) is 0. The molecule has 1 aliphatic carbocycles. The molecule has 0 aromatic carbocycles. The van der Waals surface area contributed by atoms with Crippen molar-refractivity contribution in [3.8, 4) is 0 Å². The molecule has 0 bridgehead atoms. The Balaban J connectivity index is 0. The fourth-order valence-corrected chi connectivity index (χ4v) is 0.782. The summed E-state index contributed by atoms with van der Waals surface area (Å²) in [6.07, 6.45) is 7.56. The molecule has 0 heterocycles. The Kier molecular flexibility index (Phi) is 7.10. The van der Waals surface area contributed by atoms with Crippen LogP contribution < -0.4 is 9.41 Å².